The molecule has 0 bridgehead atoms. The first-order chi connectivity index (χ1) is 13.7. The van der Waals surface area contributed by atoms with Gasteiger partial charge in [-0.2, -0.15) is 0 Å². The summed E-state index contributed by atoms with van der Waals surface area (Å²) in [6.45, 7) is 4.62. The molecule has 1 aliphatic heterocycles. The SMILES string of the molecule is COC(=O)CC[C@]1(O)CC[C@H]2[C@@H]3[C@H]4CC4=C4CC(=O)CC[C@]4(C)C34O[C@@H]4C[C@@]21C. The molecule has 1 unspecified atom stereocenters. The normalized spacial score (nSPS) is 54.0. The molecular formula is C24H32O5. The third kappa shape index (κ3) is 2.00. The Morgan fingerprint density at radius 3 is 2.86 bits per heavy atom. The van der Waals surface area contributed by atoms with E-state index < -0.39 is 5.60 Å². The second kappa shape index (κ2) is 5.34. The summed E-state index contributed by atoms with van der Waals surface area (Å²) in [7, 11) is 1.41. The average Bonchev–Trinajstić information content (AvgIpc) is 3.58. The molecule has 29 heavy (non-hydrogen) atoms. The molecule has 0 radical (unpaired) electrons. The minimum atomic E-state index is -0.827. The largest absolute Gasteiger partial charge is 0.469 e. The van der Waals surface area contributed by atoms with Crippen LogP contribution in [-0.4, -0.2) is 41.3 Å². The van der Waals surface area contributed by atoms with E-state index in [0.717, 1.165) is 32.1 Å². The van der Waals surface area contributed by atoms with Crippen molar-refractivity contribution >= 4 is 11.8 Å². The number of esters is 1. The van der Waals surface area contributed by atoms with Crippen molar-refractivity contribution in [1.29, 1.82) is 0 Å². The van der Waals surface area contributed by atoms with E-state index in [1.165, 1.54) is 12.7 Å². The molecule has 0 amide bonds. The number of Topliss-reactive ketones (excluding diaryl/α,β-unsaturated/α-hetero) is 1. The number of hydrogen-bond acceptors (Lipinski definition) is 5. The Kier molecular flexibility index (Phi) is 3.42. The highest BCUT2D eigenvalue weighted by atomic mass is 16.6. The van der Waals surface area contributed by atoms with Crippen molar-refractivity contribution < 1.29 is 24.2 Å². The molecule has 8 atom stereocenters. The van der Waals surface area contributed by atoms with Gasteiger partial charge in [0.1, 0.15) is 11.4 Å². The van der Waals surface area contributed by atoms with Gasteiger partial charge in [-0.25, -0.2) is 0 Å². The van der Waals surface area contributed by atoms with Gasteiger partial charge < -0.3 is 14.6 Å². The predicted molar refractivity (Wildman–Crippen MR) is 105 cm³/mol. The fraction of sp³-hybridized carbons (Fsp3) is 0.833. The molecule has 5 aliphatic carbocycles. The monoisotopic (exact) mass is 400 g/mol. The first kappa shape index (κ1) is 18.6. The van der Waals surface area contributed by atoms with Gasteiger partial charge in [0.15, 0.2) is 0 Å². The number of hydrogen-bond donors (Lipinski definition) is 1. The summed E-state index contributed by atoms with van der Waals surface area (Å²) in [5, 5.41) is 11.7. The van der Waals surface area contributed by atoms with Crippen LogP contribution in [0.15, 0.2) is 11.1 Å². The molecule has 6 rings (SSSR count). The zero-order chi connectivity index (χ0) is 20.4. The van der Waals surface area contributed by atoms with Crippen molar-refractivity contribution in [2.45, 2.75) is 88.9 Å². The number of aliphatic hydroxyl groups is 1. The average molecular weight is 401 g/mol. The van der Waals surface area contributed by atoms with Gasteiger partial charge in [0.25, 0.3) is 0 Å². The highest BCUT2D eigenvalue weighted by Gasteiger charge is 2.83. The van der Waals surface area contributed by atoms with E-state index >= 15 is 0 Å². The smallest absolute Gasteiger partial charge is 0.305 e. The molecule has 1 heterocycles. The molecule has 5 fully saturated rings. The van der Waals surface area contributed by atoms with Gasteiger partial charge in [-0.05, 0) is 50.4 Å². The van der Waals surface area contributed by atoms with Gasteiger partial charge in [-0.1, -0.05) is 25.0 Å². The third-order valence-electron chi connectivity index (χ3n) is 10.4. The zero-order valence-electron chi connectivity index (χ0n) is 17.8. The first-order valence-corrected chi connectivity index (χ1v) is 11.4. The third-order valence-corrected chi connectivity index (χ3v) is 10.4. The Labute approximate surface area is 172 Å². The van der Waals surface area contributed by atoms with Gasteiger partial charge in [-0.15, -0.1) is 0 Å². The van der Waals surface area contributed by atoms with Crippen molar-refractivity contribution in [2.24, 2.45) is 28.6 Å². The van der Waals surface area contributed by atoms with Crippen molar-refractivity contribution in [3.05, 3.63) is 11.1 Å². The van der Waals surface area contributed by atoms with Crippen molar-refractivity contribution in [3.8, 4) is 0 Å². The molecule has 6 aliphatic rings. The van der Waals surface area contributed by atoms with E-state index in [0.29, 0.717) is 42.8 Å². The van der Waals surface area contributed by atoms with Crippen LogP contribution in [-0.2, 0) is 19.1 Å². The molecule has 158 valence electrons. The number of allylic oxidation sites excluding steroid dienone is 1. The summed E-state index contributed by atoms with van der Waals surface area (Å²) in [5.41, 5.74) is 1.78. The fourth-order valence-corrected chi connectivity index (χ4v) is 8.68. The Balaban J connectivity index is 1.38. The quantitative estimate of drug-likeness (QED) is 0.447. The number of ether oxygens (including phenoxy) is 2. The van der Waals surface area contributed by atoms with Crippen LogP contribution >= 0.6 is 0 Å². The highest BCUT2D eigenvalue weighted by Crippen LogP contribution is 2.81. The minimum Gasteiger partial charge on any atom is -0.469 e. The van der Waals surface area contributed by atoms with Gasteiger partial charge in [-0.3, -0.25) is 9.59 Å². The number of fused-ring (bicyclic) bond motifs is 5. The summed E-state index contributed by atoms with van der Waals surface area (Å²) < 4.78 is 11.5. The van der Waals surface area contributed by atoms with Crippen molar-refractivity contribution in [2.75, 3.05) is 7.11 Å². The lowest BCUT2D eigenvalue weighted by atomic mass is 9.46. The molecule has 0 aromatic carbocycles. The van der Waals surface area contributed by atoms with E-state index in [9.17, 15) is 14.7 Å². The van der Waals surface area contributed by atoms with E-state index in [-0.39, 0.29) is 34.9 Å². The van der Waals surface area contributed by atoms with Crippen molar-refractivity contribution in [3.63, 3.8) is 0 Å². The number of methoxy groups -OCH3 is 1. The van der Waals surface area contributed by atoms with Crippen LogP contribution in [0.4, 0.5) is 0 Å². The lowest BCUT2D eigenvalue weighted by molar-refractivity contribution is -0.146. The van der Waals surface area contributed by atoms with Crippen LogP contribution < -0.4 is 0 Å². The van der Waals surface area contributed by atoms with Crippen LogP contribution in [0.2, 0.25) is 0 Å². The van der Waals surface area contributed by atoms with Gasteiger partial charge in [0, 0.05) is 36.0 Å². The molecule has 0 aromatic heterocycles. The van der Waals surface area contributed by atoms with E-state index in [1.807, 2.05) is 0 Å². The van der Waals surface area contributed by atoms with E-state index in [2.05, 4.69) is 13.8 Å². The van der Waals surface area contributed by atoms with Crippen LogP contribution in [0.5, 0.6) is 0 Å². The standard InChI is InChI=1S/C24H32O5/c1-21-7-4-13(25)10-17(21)14-11-15(14)20-16-5-8-23(27,9-6-19(26)28-3)22(16,2)12-18-24(20,21)29-18/h15-16,18,20,27H,4-12H2,1-3H3/t15-,16-,18+,20-,21-,22-,23+,24?/m0/s1. The Bertz CT molecular complexity index is 861. The molecule has 5 nitrogen and oxygen atoms in total. The lowest BCUT2D eigenvalue weighted by Crippen LogP contribution is -2.60. The number of ketones is 1. The minimum absolute atomic E-state index is 0.00731. The molecule has 0 aromatic rings. The van der Waals surface area contributed by atoms with Crippen LogP contribution in [0, 0.1) is 28.6 Å². The molecule has 1 saturated heterocycles. The summed E-state index contributed by atoms with van der Waals surface area (Å²) in [6, 6.07) is 0. The number of carbonyl (C=O) groups is 2. The van der Waals surface area contributed by atoms with Gasteiger partial charge in [0.2, 0.25) is 0 Å². The van der Waals surface area contributed by atoms with E-state index in [4.69, 9.17) is 9.47 Å². The van der Waals surface area contributed by atoms with Gasteiger partial charge in [0.05, 0.1) is 18.8 Å². The molecule has 5 heteroatoms. The molecule has 4 saturated carbocycles. The van der Waals surface area contributed by atoms with E-state index in [1.54, 1.807) is 5.57 Å². The maximum Gasteiger partial charge on any atom is 0.305 e. The topological polar surface area (TPSA) is 76.1 Å². The summed E-state index contributed by atoms with van der Waals surface area (Å²) in [6.07, 6.45) is 6.90. The Morgan fingerprint density at radius 1 is 1.31 bits per heavy atom. The fourth-order valence-electron chi connectivity index (χ4n) is 8.68. The predicted octanol–water partition coefficient (Wildman–Crippen LogP) is 3.33. The summed E-state index contributed by atoms with van der Waals surface area (Å²) in [4.78, 5) is 24.0. The zero-order valence-corrected chi connectivity index (χ0v) is 17.8. The Hall–Kier alpha value is -1.20. The number of rotatable bonds is 3. The maximum atomic E-state index is 12.2. The first-order valence-electron chi connectivity index (χ1n) is 11.4. The van der Waals surface area contributed by atoms with Crippen LogP contribution in [0.1, 0.15) is 71.6 Å². The van der Waals surface area contributed by atoms with Crippen molar-refractivity contribution in [1.82, 2.24) is 0 Å². The second-order valence-corrected chi connectivity index (χ2v) is 11.2. The number of carbonyl (C=O) groups excluding carboxylic acids is 2. The van der Waals surface area contributed by atoms with Crippen LogP contribution in [0.3, 0.4) is 0 Å². The second-order valence-electron chi connectivity index (χ2n) is 11.2. The molecule has 1 spiro atoms. The highest BCUT2D eigenvalue weighted by molar-refractivity contribution is 5.84. The van der Waals surface area contributed by atoms with Gasteiger partial charge >= 0.3 is 5.97 Å². The molecule has 1 N–H and O–H groups in total. The number of epoxide rings is 1. The summed E-state index contributed by atoms with van der Waals surface area (Å²) >= 11 is 0. The van der Waals surface area contributed by atoms with Crippen LogP contribution in [0.25, 0.3) is 0 Å². The Morgan fingerprint density at radius 2 is 2.10 bits per heavy atom. The maximum absolute atomic E-state index is 12.2. The summed E-state index contributed by atoms with van der Waals surface area (Å²) in [5.74, 6) is 1.56. The molecular weight excluding hydrogens is 368 g/mol. The lowest BCUT2D eigenvalue weighted by Gasteiger charge is -2.56.